The van der Waals surface area contributed by atoms with Crippen LogP contribution in [0.15, 0.2) is 54.6 Å². The van der Waals surface area contributed by atoms with Gasteiger partial charge in [-0.25, -0.2) is 0 Å². The molecule has 0 aliphatic heterocycles. The first-order chi connectivity index (χ1) is 7.29. The number of aryl methyl sites for hydroxylation is 2. The third kappa shape index (κ3) is 2.01. The lowest BCUT2D eigenvalue weighted by molar-refractivity contribution is 0.905. The van der Waals surface area contributed by atoms with Crippen LogP contribution in [0.4, 0.5) is 0 Å². The molecule has 0 bridgehead atoms. The van der Waals surface area contributed by atoms with Gasteiger partial charge in [-0.15, -0.1) is 0 Å². The van der Waals surface area contributed by atoms with Gasteiger partial charge in [0, 0.05) is 18.3 Å². The van der Waals surface area contributed by atoms with Crippen LogP contribution in [-0.2, 0) is 7.05 Å². The normalized spacial score (nSPS) is 10.0. The summed E-state index contributed by atoms with van der Waals surface area (Å²) in [6.45, 7) is 2.12. The first-order valence-electron chi connectivity index (χ1n) is 5.13. The summed E-state index contributed by atoms with van der Waals surface area (Å²) in [5.41, 5.74) is 2.48. The van der Waals surface area contributed by atoms with Gasteiger partial charge in [0.05, 0.1) is 0 Å². The van der Waals surface area contributed by atoms with Gasteiger partial charge in [0.25, 0.3) is 0 Å². The number of nitrogens with zero attached hydrogens (tertiary/aromatic N) is 1. The number of aromatic nitrogens is 1. The van der Waals surface area contributed by atoms with E-state index in [4.69, 9.17) is 0 Å². The molecule has 76 valence electrons. The first kappa shape index (κ1) is 9.78. The zero-order valence-electron chi connectivity index (χ0n) is 9.14. The Morgan fingerprint density at radius 3 is 2.20 bits per heavy atom. The molecule has 1 heterocycles. The molecular weight excluding hydrogens is 182 g/mol. The minimum absolute atomic E-state index is 1.24. The number of benzene rings is 1. The maximum absolute atomic E-state index is 2.20. The van der Waals surface area contributed by atoms with Gasteiger partial charge < -0.3 is 4.57 Å². The monoisotopic (exact) mass is 197 g/mol. The number of rotatable bonds is 0. The molecule has 1 aromatic heterocycles. The van der Waals surface area contributed by atoms with Crippen LogP contribution < -0.4 is 0 Å². The van der Waals surface area contributed by atoms with E-state index >= 15 is 0 Å². The van der Waals surface area contributed by atoms with E-state index in [2.05, 4.69) is 73.1 Å². The Morgan fingerprint density at radius 2 is 1.40 bits per heavy atom. The van der Waals surface area contributed by atoms with Crippen LogP contribution in [0, 0.1) is 6.92 Å². The minimum Gasteiger partial charge on any atom is -0.348 e. The quantitative estimate of drug-likeness (QED) is 0.608. The molecule has 0 spiro atoms. The zero-order valence-corrected chi connectivity index (χ0v) is 9.14. The lowest BCUT2D eigenvalue weighted by atomic mass is 10.2. The van der Waals surface area contributed by atoms with Gasteiger partial charge in [-0.05, 0) is 24.4 Å². The van der Waals surface area contributed by atoms with E-state index in [0.29, 0.717) is 0 Å². The lowest BCUT2D eigenvalue weighted by Crippen LogP contribution is -1.93. The van der Waals surface area contributed by atoms with Crippen molar-refractivity contribution >= 4 is 10.9 Å². The molecule has 0 saturated heterocycles. The maximum atomic E-state index is 2.20. The fraction of sp³-hybridized carbons (Fsp3) is 0.143. The van der Waals surface area contributed by atoms with E-state index < -0.39 is 0 Å². The molecule has 2 aromatic rings. The van der Waals surface area contributed by atoms with E-state index in [1.165, 1.54) is 16.6 Å². The molecule has 0 unspecified atom stereocenters. The molecule has 0 atom stereocenters. The highest BCUT2D eigenvalue weighted by Gasteiger charge is 1.91. The van der Waals surface area contributed by atoms with Crippen molar-refractivity contribution in [2.24, 2.45) is 7.05 Å². The van der Waals surface area contributed by atoms with Crippen molar-refractivity contribution in [3.63, 3.8) is 0 Å². The minimum atomic E-state index is 1.24. The van der Waals surface area contributed by atoms with Gasteiger partial charge in [-0.1, -0.05) is 42.5 Å². The van der Waals surface area contributed by atoms with Crippen molar-refractivity contribution < 1.29 is 0 Å². The van der Waals surface area contributed by atoms with Gasteiger partial charge in [0.1, 0.15) is 0 Å². The van der Waals surface area contributed by atoms with Crippen molar-refractivity contribution in [3.05, 3.63) is 60.3 Å². The van der Waals surface area contributed by atoms with Gasteiger partial charge >= 0.3 is 0 Å². The fourth-order valence-electron chi connectivity index (χ4n) is 1.65. The second kappa shape index (κ2) is 4.18. The number of hydrogen-bond acceptors (Lipinski definition) is 0. The third-order valence-electron chi connectivity index (χ3n) is 2.66. The molecule has 0 saturated carbocycles. The molecule has 0 radical (unpaired) electrons. The summed E-state index contributed by atoms with van der Waals surface area (Å²) in [6, 6.07) is 18.9. The van der Waals surface area contributed by atoms with Crippen LogP contribution in [0.2, 0.25) is 0 Å². The Labute approximate surface area is 90.3 Å². The molecule has 0 fully saturated rings. The Balaban J connectivity index is 2.97. The Kier molecular flexibility index (Phi) is 2.72. The summed E-state index contributed by atoms with van der Waals surface area (Å²) in [4.78, 5) is 0. The highest BCUT2D eigenvalue weighted by atomic mass is 14.9. The largest absolute Gasteiger partial charge is 0.348 e. The molecule has 0 aliphatic rings. The van der Waals surface area contributed by atoms with Crippen LogP contribution in [0.1, 0.15) is 5.69 Å². The van der Waals surface area contributed by atoms with Gasteiger partial charge in [0.2, 0.25) is 0 Å². The molecule has 0 amide bonds. The second-order valence-corrected chi connectivity index (χ2v) is 3.67. The highest BCUT2D eigenvalue weighted by molar-refractivity contribution is 5.78. The highest BCUT2D eigenvalue weighted by Crippen LogP contribution is 2.11. The number of para-hydroxylation sites is 1. The van der Waals surface area contributed by atoms with Gasteiger partial charge in [-0.2, -0.15) is 0 Å². The molecule has 1 aromatic carbocycles. The number of fused-ring (bicyclic) bond motifs is 1. The summed E-state index contributed by atoms with van der Waals surface area (Å²) >= 11 is 0. The zero-order chi connectivity index (χ0) is 10.7. The second-order valence-electron chi connectivity index (χ2n) is 3.67. The first-order valence-corrected chi connectivity index (χ1v) is 5.13. The molecule has 2 rings (SSSR count). The maximum Gasteiger partial charge on any atom is 0.0479 e. The predicted octanol–water partition coefficient (Wildman–Crippen LogP) is 3.61. The Hall–Kier alpha value is -1.76. The summed E-state index contributed by atoms with van der Waals surface area (Å²) in [5.74, 6) is 0. The third-order valence-corrected chi connectivity index (χ3v) is 2.66. The smallest absolute Gasteiger partial charge is 0.0479 e. The molecule has 1 heteroatoms. The van der Waals surface area contributed by atoms with Crippen LogP contribution >= 0.6 is 0 Å². The summed E-state index contributed by atoms with van der Waals surface area (Å²) < 4.78 is 2.20. The molecular formula is C14H15N. The summed E-state index contributed by atoms with van der Waals surface area (Å²) in [5, 5.41) is 1.25. The Bertz CT molecular complexity index is 522. The van der Waals surface area contributed by atoms with Gasteiger partial charge in [-0.3, -0.25) is 0 Å². The molecule has 0 aliphatic carbocycles. The number of hydrogen-bond donors (Lipinski definition) is 0. The van der Waals surface area contributed by atoms with Crippen molar-refractivity contribution in [1.29, 1.82) is 0 Å². The average Bonchev–Trinajstić information content (AvgIpc) is 2.33. The average molecular weight is 197 g/mol. The van der Waals surface area contributed by atoms with Crippen molar-refractivity contribution in [2.45, 2.75) is 6.92 Å². The van der Waals surface area contributed by atoms with Gasteiger partial charge in [0.15, 0.2) is 0 Å². The lowest BCUT2D eigenvalue weighted by Gasteiger charge is -2.04. The standard InChI is InChI=1S/C14H15N/c1-12-8-4-3-5-9-13-10-6-7-11-14(13)15(12)2/h3-11H,1-2H3. The van der Waals surface area contributed by atoms with E-state index in [-0.39, 0.29) is 0 Å². The van der Waals surface area contributed by atoms with E-state index in [0.717, 1.165) is 0 Å². The van der Waals surface area contributed by atoms with Crippen LogP contribution in [-0.4, -0.2) is 4.57 Å². The topological polar surface area (TPSA) is 4.93 Å². The van der Waals surface area contributed by atoms with Crippen molar-refractivity contribution in [3.8, 4) is 0 Å². The van der Waals surface area contributed by atoms with Crippen LogP contribution in [0.25, 0.3) is 10.9 Å². The van der Waals surface area contributed by atoms with E-state index in [9.17, 15) is 0 Å². The van der Waals surface area contributed by atoms with Crippen LogP contribution in [0.5, 0.6) is 0 Å². The molecule has 0 N–H and O–H groups in total. The van der Waals surface area contributed by atoms with Crippen LogP contribution in [0.3, 0.4) is 0 Å². The molecule has 1 nitrogen and oxygen atoms in total. The van der Waals surface area contributed by atoms with Crippen molar-refractivity contribution in [2.75, 3.05) is 0 Å². The predicted molar refractivity (Wildman–Crippen MR) is 65.3 cm³/mol. The van der Waals surface area contributed by atoms with E-state index in [1.807, 2.05) is 0 Å². The summed E-state index contributed by atoms with van der Waals surface area (Å²) in [6.07, 6.45) is 0. The summed E-state index contributed by atoms with van der Waals surface area (Å²) in [7, 11) is 2.09. The van der Waals surface area contributed by atoms with E-state index in [1.54, 1.807) is 0 Å². The fourth-order valence-corrected chi connectivity index (χ4v) is 1.65. The molecule has 15 heavy (non-hydrogen) atoms. The SMILES string of the molecule is Cc1cccccc2ccccc2n1C. The Morgan fingerprint density at radius 1 is 0.800 bits per heavy atom. The van der Waals surface area contributed by atoms with Crippen molar-refractivity contribution in [1.82, 2.24) is 4.57 Å².